The average molecular weight is 447 g/mol. The van der Waals surface area contributed by atoms with Crippen LogP contribution in [0.4, 0.5) is 5.13 Å². The standard InChI is InChI=1S/C20H22N4O4S2/c1-23-9-11-24(12-10-23)30(26,27)16-7-8-17-18(13-16)29-20(21-17)22-19(25)14-28-15-5-3-2-4-6-15/h2-8,13H,9-12,14H2,1H3,(H,21,22,25). The minimum Gasteiger partial charge on any atom is -0.484 e. The molecule has 1 aliphatic rings. The van der Waals surface area contributed by atoms with Gasteiger partial charge in [0.15, 0.2) is 11.7 Å². The van der Waals surface area contributed by atoms with Crippen molar-refractivity contribution in [3.63, 3.8) is 0 Å². The molecule has 0 spiro atoms. The lowest BCUT2D eigenvalue weighted by Crippen LogP contribution is -2.46. The molecule has 0 unspecified atom stereocenters. The van der Waals surface area contributed by atoms with E-state index in [9.17, 15) is 13.2 Å². The summed E-state index contributed by atoms with van der Waals surface area (Å²) < 4.78 is 33.5. The van der Waals surface area contributed by atoms with Crippen molar-refractivity contribution in [1.82, 2.24) is 14.2 Å². The molecule has 1 fully saturated rings. The Morgan fingerprint density at radius 3 is 2.60 bits per heavy atom. The Morgan fingerprint density at radius 2 is 1.87 bits per heavy atom. The Labute approximate surface area is 179 Å². The van der Waals surface area contributed by atoms with Crippen molar-refractivity contribution < 1.29 is 17.9 Å². The molecular weight excluding hydrogens is 424 g/mol. The second-order valence-electron chi connectivity index (χ2n) is 7.01. The van der Waals surface area contributed by atoms with Crippen molar-refractivity contribution in [2.75, 3.05) is 45.2 Å². The van der Waals surface area contributed by atoms with Crippen molar-refractivity contribution in [2.45, 2.75) is 4.90 Å². The summed E-state index contributed by atoms with van der Waals surface area (Å²) in [5, 5.41) is 3.11. The molecule has 0 aliphatic carbocycles. The number of anilines is 1. The number of ether oxygens (including phenoxy) is 1. The normalized spacial score (nSPS) is 15.9. The van der Waals surface area contributed by atoms with Crippen molar-refractivity contribution in [2.24, 2.45) is 0 Å². The number of carbonyl (C=O) groups excluding carboxylic acids is 1. The first-order valence-electron chi connectivity index (χ1n) is 9.49. The Hall–Kier alpha value is -2.53. The van der Waals surface area contributed by atoms with Crippen LogP contribution < -0.4 is 10.1 Å². The zero-order chi connectivity index (χ0) is 21.1. The highest BCUT2D eigenvalue weighted by Crippen LogP contribution is 2.29. The summed E-state index contributed by atoms with van der Waals surface area (Å²) in [5.41, 5.74) is 0.636. The van der Waals surface area contributed by atoms with Crippen LogP contribution in [0.25, 0.3) is 10.2 Å². The van der Waals surface area contributed by atoms with E-state index in [4.69, 9.17) is 4.74 Å². The minimum absolute atomic E-state index is 0.136. The number of hydrogen-bond acceptors (Lipinski definition) is 7. The number of sulfonamides is 1. The largest absolute Gasteiger partial charge is 0.484 e. The third kappa shape index (κ3) is 4.62. The number of carbonyl (C=O) groups is 1. The Morgan fingerprint density at radius 1 is 1.13 bits per heavy atom. The van der Waals surface area contributed by atoms with E-state index >= 15 is 0 Å². The number of rotatable bonds is 6. The van der Waals surface area contributed by atoms with Crippen molar-refractivity contribution in [1.29, 1.82) is 0 Å². The number of benzene rings is 2. The summed E-state index contributed by atoms with van der Waals surface area (Å²) in [6, 6.07) is 13.9. The third-order valence-corrected chi connectivity index (χ3v) is 7.65. The SMILES string of the molecule is CN1CCN(S(=O)(=O)c2ccc3nc(NC(=O)COc4ccccc4)sc3c2)CC1. The van der Waals surface area contributed by atoms with Crippen molar-refractivity contribution in [3.05, 3.63) is 48.5 Å². The van der Waals surface area contributed by atoms with Crippen LogP contribution in [0.3, 0.4) is 0 Å². The number of hydrogen-bond donors (Lipinski definition) is 1. The molecule has 4 rings (SSSR count). The summed E-state index contributed by atoms with van der Waals surface area (Å²) in [7, 11) is -1.57. The Balaban J connectivity index is 1.45. The van der Waals surface area contributed by atoms with Crippen molar-refractivity contribution >= 4 is 42.6 Å². The van der Waals surface area contributed by atoms with Gasteiger partial charge in [0, 0.05) is 26.2 Å². The summed E-state index contributed by atoms with van der Waals surface area (Å²) in [6.07, 6.45) is 0. The maximum absolute atomic E-state index is 12.9. The van der Waals surface area contributed by atoms with E-state index in [-0.39, 0.29) is 17.4 Å². The van der Waals surface area contributed by atoms with Crippen molar-refractivity contribution in [3.8, 4) is 5.75 Å². The van der Waals surface area contributed by atoms with Gasteiger partial charge in [0.2, 0.25) is 10.0 Å². The van der Waals surface area contributed by atoms with Gasteiger partial charge in [0.1, 0.15) is 5.75 Å². The molecule has 0 atom stereocenters. The molecule has 1 aromatic heterocycles. The summed E-state index contributed by atoms with van der Waals surface area (Å²) in [5.74, 6) is 0.277. The molecule has 10 heteroatoms. The van der Waals surface area contributed by atoms with Crippen LogP contribution in [0.2, 0.25) is 0 Å². The van der Waals surface area contributed by atoms with Gasteiger partial charge in [0.05, 0.1) is 15.1 Å². The van der Waals surface area contributed by atoms with E-state index in [1.807, 2.05) is 25.2 Å². The topological polar surface area (TPSA) is 91.8 Å². The van der Waals surface area contributed by atoms with Crippen LogP contribution in [-0.4, -0.2) is 68.3 Å². The predicted octanol–water partition coefficient (Wildman–Crippen LogP) is 2.25. The van der Waals surface area contributed by atoms with Gasteiger partial charge in [-0.1, -0.05) is 29.5 Å². The highest BCUT2D eigenvalue weighted by atomic mass is 32.2. The molecule has 8 nitrogen and oxygen atoms in total. The zero-order valence-corrected chi connectivity index (χ0v) is 18.1. The van der Waals surface area contributed by atoms with Gasteiger partial charge in [-0.2, -0.15) is 4.31 Å². The lowest BCUT2D eigenvalue weighted by atomic mass is 10.3. The lowest BCUT2D eigenvalue weighted by molar-refractivity contribution is -0.118. The van der Waals surface area contributed by atoms with E-state index in [0.717, 1.165) is 0 Å². The number of amides is 1. The van der Waals surface area contributed by atoms with Crippen LogP contribution in [0, 0.1) is 0 Å². The van der Waals surface area contributed by atoms with E-state index in [1.54, 1.807) is 30.3 Å². The lowest BCUT2D eigenvalue weighted by Gasteiger charge is -2.31. The molecule has 158 valence electrons. The monoisotopic (exact) mass is 446 g/mol. The molecule has 30 heavy (non-hydrogen) atoms. The van der Waals surface area contributed by atoms with E-state index in [2.05, 4.69) is 15.2 Å². The van der Waals surface area contributed by atoms with E-state index < -0.39 is 10.0 Å². The minimum atomic E-state index is -3.55. The van der Waals surface area contributed by atoms with Crippen LogP contribution >= 0.6 is 11.3 Å². The second kappa shape index (κ2) is 8.68. The summed E-state index contributed by atoms with van der Waals surface area (Å²) in [4.78, 5) is 18.9. The highest BCUT2D eigenvalue weighted by molar-refractivity contribution is 7.89. The highest BCUT2D eigenvalue weighted by Gasteiger charge is 2.27. The predicted molar refractivity (Wildman–Crippen MR) is 116 cm³/mol. The molecule has 0 bridgehead atoms. The smallest absolute Gasteiger partial charge is 0.264 e. The molecule has 3 aromatic rings. The van der Waals surface area contributed by atoms with Crippen LogP contribution in [0.15, 0.2) is 53.4 Å². The van der Waals surface area contributed by atoms with E-state index in [0.29, 0.717) is 47.3 Å². The molecule has 2 heterocycles. The number of aromatic nitrogens is 1. The quantitative estimate of drug-likeness (QED) is 0.625. The van der Waals surface area contributed by atoms with Gasteiger partial charge in [-0.15, -0.1) is 0 Å². The van der Waals surface area contributed by atoms with Crippen LogP contribution in [0.5, 0.6) is 5.75 Å². The van der Waals surface area contributed by atoms with Gasteiger partial charge in [0.25, 0.3) is 5.91 Å². The molecule has 1 N–H and O–H groups in total. The first-order valence-corrected chi connectivity index (χ1v) is 11.7. The number of nitrogens with zero attached hydrogens (tertiary/aromatic N) is 3. The summed E-state index contributed by atoms with van der Waals surface area (Å²) >= 11 is 1.23. The number of thiazole rings is 1. The fourth-order valence-electron chi connectivity index (χ4n) is 3.12. The maximum atomic E-state index is 12.9. The average Bonchev–Trinajstić information content (AvgIpc) is 3.14. The number of fused-ring (bicyclic) bond motifs is 1. The van der Waals surface area contributed by atoms with Gasteiger partial charge in [-0.05, 0) is 37.4 Å². The Bertz CT molecular complexity index is 1140. The molecule has 0 saturated carbocycles. The zero-order valence-electron chi connectivity index (χ0n) is 16.4. The maximum Gasteiger partial charge on any atom is 0.264 e. The third-order valence-electron chi connectivity index (χ3n) is 4.82. The fourth-order valence-corrected chi connectivity index (χ4v) is 5.56. The van der Waals surface area contributed by atoms with Gasteiger partial charge < -0.3 is 9.64 Å². The Kier molecular flexibility index (Phi) is 6.00. The number of piperazine rings is 1. The number of likely N-dealkylation sites (N-methyl/N-ethyl adjacent to an activating group) is 1. The second-order valence-corrected chi connectivity index (χ2v) is 9.97. The molecular formula is C20H22N4O4S2. The van der Waals surface area contributed by atoms with Crippen LogP contribution in [0.1, 0.15) is 0 Å². The molecule has 1 aliphatic heterocycles. The van der Waals surface area contributed by atoms with E-state index in [1.165, 1.54) is 15.6 Å². The summed E-state index contributed by atoms with van der Waals surface area (Å²) in [6.45, 7) is 2.24. The first-order chi connectivity index (χ1) is 14.4. The number of nitrogens with one attached hydrogen (secondary N) is 1. The molecule has 2 aromatic carbocycles. The fraction of sp³-hybridized carbons (Fsp3) is 0.300. The molecule has 1 amide bonds. The molecule has 1 saturated heterocycles. The van der Waals surface area contributed by atoms with Gasteiger partial charge >= 0.3 is 0 Å². The number of para-hydroxylation sites is 1. The molecule has 0 radical (unpaired) electrons. The van der Waals surface area contributed by atoms with Gasteiger partial charge in [-0.3, -0.25) is 10.1 Å². The first kappa shape index (κ1) is 20.7. The van der Waals surface area contributed by atoms with Crippen LogP contribution in [-0.2, 0) is 14.8 Å². The van der Waals surface area contributed by atoms with Gasteiger partial charge in [-0.25, -0.2) is 13.4 Å².